The van der Waals surface area contributed by atoms with E-state index in [9.17, 15) is 9.59 Å². The van der Waals surface area contributed by atoms with Gasteiger partial charge in [0.2, 0.25) is 0 Å². The molecule has 1 atom stereocenters. The number of hydrogen-bond donors (Lipinski definition) is 3. The largest absolute Gasteiger partial charge is 0.322 e. The zero-order chi connectivity index (χ0) is 20.0. The summed E-state index contributed by atoms with van der Waals surface area (Å²) in [6.45, 7) is 8.73. The number of quaternary nitrogens is 1. The minimum Gasteiger partial charge on any atom is -0.322 e. The standard InChI is InChI=1S/C22H29N3O2/c1-15(2)18-9-11-19(12-10-18)23-21(26)13-25(5)14-22(27)24-20-8-6-7-16(3)17(20)4/h6-12,15H,13-14H2,1-5H3,(H,23,26)(H,24,27)/p+1. The van der Waals surface area contributed by atoms with Gasteiger partial charge in [0, 0.05) is 11.4 Å². The van der Waals surface area contributed by atoms with Crippen LogP contribution in [0, 0.1) is 13.8 Å². The molecule has 0 aliphatic carbocycles. The van der Waals surface area contributed by atoms with E-state index in [0.29, 0.717) is 5.92 Å². The van der Waals surface area contributed by atoms with Crippen molar-refractivity contribution in [3.8, 4) is 0 Å². The predicted octanol–water partition coefficient (Wildman–Crippen LogP) is 2.52. The van der Waals surface area contributed by atoms with Crippen LogP contribution in [0.2, 0.25) is 0 Å². The average molecular weight is 369 g/mol. The predicted molar refractivity (Wildman–Crippen MR) is 110 cm³/mol. The lowest BCUT2D eigenvalue weighted by Gasteiger charge is -2.15. The topological polar surface area (TPSA) is 62.6 Å². The fraction of sp³-hybridized carbons (Fsp3) is 0.364. The Kier molecular flexibility index (Phi) is 7.13. The number of hydrogen-bond acceptors (Lipinski definition) is 2. The highest BCUT2D eigenvalue weighted by molar-refractivity contribution is 5.93. The van der Waals surface area contributed by atoms with Crippen LogP contribution in [-0.4, -0.2) is 32.0 Å². The molecule has 2 amide bonds. The number of nitrogens with one attached hydrogen (secondary N) is 3. The summed E-state index contributed by atoms with van der Waals surface area (Å²) in [4.78, 5) is 25.3. The van der Waals surface area contributed by atoms with E-state index in [0.717, 1.165) is 27.4 Å². The summed E-state index contributed by atoms with van der Waals surface area (Å²) in [5, 5.41) is 5.82. The summed E-state index contributed by atoms with van der Waals surface area (Å²) in [6.07, 6.45) is 0. The Morgan fingerprint density at radius 2 is 1.52 bits per heavy atom. The zero-order valence-electron chi connectivity index (χ0n) is 16.8. The molecule has 0 bridgehead atoms. The highest BCUT2D eigenvalue weighted by atomic mass is 16.2. The first-order valence-electron chi connectivity index (χ1n) is 9.33. The van der Waals surface area contributed by atoms with Gasteiger partial charge in [0.1, 0.15) is 0 Å². The van der Waals surface area contributed by atoms with Gasteiger partial charge in [0.25, 0.3) is 11.8 Å². The van der Waals surface area contributed by atoms with Crippen molar-refractivity contribution in [3.05, 3.63) is 59.2 Å². The Hall–Kier alpha value is -2.66. The van der Waals surface area contributed by atoms with Gasteiger partial charge in [-0.25, -0.2) is 0 Å². The summed E-state index contributed by atoms with van der Waals surface area (Å²) in [6, 6.07) is 13.7. The number of aryl methyl sites for hydroxylation is 1. The van der Waals surface area contributed by atoms with Crippen molar-refractivity contribution in [1.29, 1.82) is 0 Å². The highest BCUT2D eigenvalue weighted by Crippen LogP contribution is 2.18. The lowest BCUT2D eigenvalue weighted by Crippen LogP contribution is -3.11. The molecule has 0 saturated heterocycles. The van der Waals surface area contributed by atoms with Crippen molar-refractivity contribution >= 4 is 23.2 Å². The van der Waals surface area contributed by atoms with E-state index in [2.05, 4.69) is 24.5 Å². The number of carbonyl (C=O) groups is 2. The van der Waals surface area contributed by atoms with Crippen molar-refractivity contribution in [2.45, 2.75) is 33.6 Å². The zero-order valence-corrected chi connectivity index (χ0v) is 16.8. The van der Waals surface area contributed by atoms with Gasteiger partial charge >= 0.3 is 0 Å². The SMILES string of the molecule is Cc1cccc(NC(=O)C[NH+](C)CC(=O)Nc2ccc(C(C)C)cc2)c1C. The molecule has 2 aromatic carbocycles. The van der Waals surface area contributed by atoms with Crippen LogP contribution in [-0.2, 0) is 9.59 Å². The number of anilines is 2. The number of benzene rings is 2. The third-order valence-electron chi connectivity index (χ3n) is 4.66. The number of rotatable bonds is 7. The normalized spacial score (nSPS) is 11.9. The third-order valence-corrected chi connectivity index (χ3v) is 4.66. The molecule has 2 aromatic rings. The van der Waals surface area contributed by atoms with Crippen LogP contribution < -0.4 is 15.5 Å². The molecule has 3 N–H and O–H groups in total. The third kappa shape index (κ3) is 6.22. The van der Waals surface area contributed by atoms with Crippen LogP contribution >= 0.6 is 0 Å². The van der Waals surface area contributed by atoms with Crippen molar-refractivity contribution in [2.24, 2.45) is 0 Å². The van der Waals surface area contributed by atoms with Crippen molar-refractivity contribution in [3.63, 3.8) is 0 Å². The molecule has 0 radical (unpaired) electrons. The van der Waals surface area contributed by atoms with Crippen LogP contribution in [0.25, 0.3) is 0 Å². The Balaban J connectivity index is 1.83. The minimum absolute atomic E-state index is 0.102. The van der Waals surface area contributed by atoms with Crippen molar-refractivity contribution in [1.82, 2.24) is 0 Å². The Labute approximate surface area is 161 Å². The fourth-order valence-corrected chi connectivity index (χ4v) is 2.85. The molecule has 0 aliphatic rings. The average Bonchev–Trinajstić information content (AvgIpc) is 2.59. The van der Waals surface area contributed by atoms with Crippen LogP contribution in [0.15, 0.2) is 42.5 Å². The molecular formula is C22H30N3O2+. The van der Waals surface area contributed by atoms with Gasteiger partial charge in [0.05, 0.1) is 7.05 Å². The van der Waals surface area contributed by atoms with Crippen LogP contribution in [0.1, 0.15) is 36.5 Å². The second-order valence-corrected chi connectivity index (χ2v) is 7.43. The molecule has 27 heavy (non-hydrogen) atoms. The van der Waals surface area contributed by atoms with Gasteiger partial charge in [-0.1, -0.05) is 38.1 Å². The Bertz CT molecular complexity index is 798. The van der Waals surface area contributed by atoms with E-state index in [-0.39, 0.29) is 24.9 Å². The smallest absolute Gasteiger partial charge is 0.279 e. The summed E-state index contributed by atoms with van der Waals surface area (Å²) >= 11 is 0. The summed E-state index contributed by atoms with van der Waals surface area (Å²) in [7, 11) is 1.84. The van der Waals surface area contributed by atoms with Crippen molar-refractivity contribution < 1.29 is 14.5 Å². The molecule has 0 heterocycles. The molecular weight excluding hydrogens is 338 g/mol. The molecule has 0 aliphatic heterocycles. The molecule has 5 heteroatoms. The van der Waals surface area contributed by atoms with Crippen molar-refractivity contribution in [2.75, 3.05) is 30.8 Å². The van der Waals surface area contributed by atoms with Gasteiger partial charge in [-0.3, -0.25) is 9.59 Å². The van der Waals surface area contributed by atoms with Gasteiger partial charge < -0.3 is 15.5 Å². The summed E-state index contributed by atoms with van der Waals surface area (Å²) < 4.78 is 0. The summed E-state index contributed by atoms with van der Waals surface area (Å²) in [5.74, 6) is 0.250. The lowest BCUT2D eigenvalue weighted by molar-refractivity contribution is -0.862. The molecule has 2 rings (SSSR count). The monoisotopic (exact) mass is 368 g/mol. The molecule has 1 unspecified atom stereocenters. The maximum atomic E-state index is 12.3. The maximum Gasteiger partial charge on any atom is 0.279 e. The summed E-state index contributed by atoms with van der Waals surface area (Å²) in [5.41, 5.74) is 5.03. The first-order valence-corrected chi connectivity index (χ1v) is 9.33. The second-order valence-electron chi connectivity index (χ2n) is 7.43. The number of carbonyl (C=O) groups excluding carboxylic acids is 2. The molecule has 0 fully saturated rings. The molecule has 0 aromatic heterocycles. The second kappa shape index (κ2) is 9.33. The van der Waals surface area contributed by atoms with E-state index in [1.165, 1.54) is 5.56 Å². The first-order chi connectivity index (χ1) is 12.8. The van der Waals surface area contributed by atoms with E-state index in [4.69, 9.17) is 0 Å². The molecule has 0 spiro atoms. The number of amides is 2. The Morgan fingerprint density at radius 1 is 0.926 bits per heavy atom. The van der Waals surface area contributed by atoms with Gasteiger partial charge in [-0.2, -0.15) is 0 Å². The van der Waals surface area contributed by atoms with Crippen LogP contribution in [0.5, 0.6) is 0 Å². The van der Waals surface area contributed by atoms with E-state index in [1.54, 1.807) is 0 Å². The molecule has 5 nitrogen and oxygen atoms in total. The molecule has 144 valence electrons. The Morgan fingerprint density at radius 3 is 2.11 bits per heavy atom. The first kappa shape index (κ1) is 20.6. The van der Waals surface area contributed by atoms with Crippen LogP contribution in [0.4, 0.5) is 11.4 Å². The number of likely N-dealkylation sites (N-methyl/N-ethyl adjacent to an activating group) is 1. The minimum atomic E-state index is -0.107. The fourth-order valence-electron chi connectivity index (χ4n) is 2.85. The maximum absolute atomic E-state index is 12.3. The van der Waals surface area contributed by atoms with Gasteiger partial charge in [-0.05, 0) is 54.7 Å². The lowest BCUT2D eigenvalue weighted by atomic mass is 10.0. The van der Waals surface area contributed by atoms with Crippen LogP contribution in [0.3, 0.4) is 0 Å². The van der Waals surface area contributed by atoms with E-state index < -0.39 is 0 Å². The highest BCUT2D eigenvalue weighted by Gasteiger charge is 2.15. The quantitative estimate of drug-likeness (QED) is 0.703. The molecule has 0 saturated carbocycles. The van der Waals surface area contributed by atoms with E-state index >= 15 is 0 Å². The van der Waals surface area contributed by atoms with Gasteiger partial charge in [-0.15, -0.1) is 0 Å². The van der Waals surface area contributed by atoms with Gasteiger partial charge in [0.15, 0.2) is 13.1 Å². The van der Waals surface area contributed by atoms with E-state index in [1.807, 2.05) is 63.4 Å².